The van der Waals surface area contributed by atoms with Crippen LogP contribution in [0.4, 0.5) is 21.5 Å². The van der Waals surface area contributed by atoms with Gasteiger partial charge in [0.2, 0.25) is 0 Å². The monoisotopic (exact) mass is 742 g/mol. The second-order valence-corrected chi connectivity index (χ2v) is 16.0. The molecule has 0 atom stereocenters. The minimum atomic E-state index is -0.237. The second-order valence-electron chi connectivity index (χ2n) is 13.9. The van der Waals surface area contributed by atoms with Gasteiger partial charge in [-0.3, -0.25) is 0 Å². The number of para-hydroxylation sites is 2. The molecule has 3 aromatic heterocycles. The Morgan fingerprint density at radius 2 is 0.909 bits per heavy atom. The first-order valence-electron chi connectivity index (χ1n) is 18.4. The number of rotatable bonds is 6. The lowest BCUT2D eigenvalue weighted by atomic mass is 10.0. The molecule has 0 spiro atoms. The van der Waals surface area contributed by atoms with Crippen LogP contribution in [-0.2, 0) is 0 Å². The predicted octanol–water partition coefficient (Wildman–Crippen LogP) is 15.3. The summed E-state index contributed by atoms with van der Waals surface area (Å²) in [6.07, 6.45) is 0. The van der Waals surface area contributed by atoms with Gasteiger partial charge in [-0.25, -0.2) is 4.39 Å². The predicted molar refractivity (Wildman–Crippen MR) is 235 cm³/mol. The van der Waals surface area contributed by atoms with Crippen LogP contribution in [0, 0.1) is 5.82 Å². The van der Waals surface area contributed by atoms with Crippen LogP contribution < -0.4 is 4.90 Å². The van der Waals surface area contributed by atoms with Crippen LogP contribution >= 0.6 is 22.7 Å². The summed E-state index contributed by atoms with van der Waals surface area (Å²) in [6, 6.07) is 65.8. The van der Waals surface area contributed by atoms with E-state index in [-0.39, 0.29) is 5.82 Å². The van der Waals surface area contributed by atoms with Crippen LogP contribution in [0.5, 0.6) is 0 Å². The molecule has 0 aliphatic carbocycles. The van der Waals surface area contributed by atoms with Gasteiger partial charge >= 0.3 is 0 Å². The highest BCUT2D eigenvalue weighted by Gasteiger charge is 2.17. The lowest BCUT2D eigenvalue weighted by Gasteiger charge is -2.26. The fourth-order valence-corrected chi connectivity index (χ4v) is 10.7. The molecule has 11 rings (SSSR count). The average Bonchev–Trinajstić information content (AvgIpc) is 3.90. The van der Waals surface area contributed by atoms with Crippen LogP contribution in [-0.4, -0.2) is 4.57 Å². The van der Waals surface area contributed by atoms with E-state index in [9.17, 15) is 4.39 Å². The minimum Gasteiger partial charge on any atom is -0.311 e. The summed E-state index contributed by atoms with van der Waals surface area (Å²) in [4.78, 5) is 2.31. The van der Waals surface area contributed by atoms with Crippen molar-refractivity contribution in [3.63, 3.8) is 0 Å². The van der Waals surface area contributed by atoms with Crippen LogP contribution in [0.25, 0.3) is 79.3 Å². The Kier molecular flexibility index (Phi) is 7.44. The Morgan fingerprint density at radius 1 is 0.382 bits per heavy atom. The SMILES string of the molecule is Fc1ccc(-n2c3ccccc3c3cc(-c4ccc(N(c5ccccc5)c5ccc(-c6ccc7c(c6)sc6c8ccccc8sc76)cc5)cc4)ccc32)cc1. The number of thiophene rings is 2. The molecule has 0 saturated heterocycles. The lowest BCUT2D eigenvalue weighted by Crippen LogP contribution is -2.09. The molecule has 55 heavy (non-hydrogen) atoms. The molecule has 0 aliphatic rings. The smallest absolute Gasteiger partial charge is 0.123 e. The van der Waals surface area contributed by atoms with Gasteiger partial charge in [0.25, 0.3) is 0 Å². The van der Waals surface area contributed by atoms with E-state index in [2.05, 4.69) is 173 Å². The number of nitrogens with zero attached hydrogens (tertiary/aromatic N) is 2. The number of hydrogen-bond donors (Lipinski definition) is 0. The van der Waals surface area contributed by atoms with E-state index in [0.717, 1.165) is 44.9 Å². The maximum Gasteiger partial charge on any atom is 0.123 e. The molecule has 2 nitrogen and oxygen atoms in total. The summed E-state index contributed by atoms with van der Waals surface area (Å²) < 4.78 is 21.5. The molecule has 260 valence electrons. The Morgan fingerprint density at radius 3 is 1.64 bits per heavy atom. The highest BCUT2D eigenvalue weighted by Crippen LogP contribution is 2.45. The zero-order chi connectivity index (χ0) is 36.5. The normalized spacial score (nSPS) is 11.7. The molecular formula is C50H31FN2S2. The van der Waals surface area contributed by atoms with Crippen molar-refractivity contribution in [3.8, 4) is 27.9 Å². The number of anilines is 3. The first kappa shape index (κ1) is 31.9. The Balaban J connectivity index is 0.933. The van der Waals surface area contributed by atoms with Gasteiger partial charge in [0.15, 0.2) is 0 Å². The lowest BCUT2D eigenvalue weighted by molar-refractivity contribution is 0.627. The molecular weight excluding hydrogens is 712 g/mol. The molecule has 0 fully saturated rings. The fraction of sp³-hybridized carbons (Fsp3) is 0. The van der Waals surface area contributed by atoms with Crippen molar-refractivity contribution >= 4 is 91.1 Å². The van der Waals surface area contributed by atoms with E-state index in [4.69, 9.17) is 0 Å². The van der Waals surface area contributed by atoms with E-state index in [0.29, 0.717) is 0 Å². The van der Waals surface area contributed by atoms with E-state index >= 15 is 0 Å². The summed E-state index contributed by atoms with van der Waals surface area (Å²) in [5, 5.41) is 5.04. The topological polar surface area (TPSA) is 8.17 Å². The Hall–Kier alpha value is -6.53. The average molecular weight is 743 g/mol. The van der Waals surface area contributed by atoms with E-state index in [1.807, 2.05) is 34.8 Å². The van der Waals surface area contributed by atoms with E-state index in [1.165, 1.54) is 63.6 Å². The summed E-state index contributed by atoms with van der Waals surface area (Å²) in [5.41, 5.74) is 11.1. The number of aromatic nitrogens is 1. The number of halogens is 1. The highest BCUT2D eigenvalue weighted by atomic mass is 32.1. The standard InChI is InChI=1S/C50H31FN2S2/c51-36-20-26-40(27-21-36)53-45-12-6-4-10-41(45)44-30-34(19-29-46(44)53)32-14-22-38(23-15-32)52(37-8-2-1-3-9-37)39-24-16-33(17-25-39)35-18-28-43-48(31-35)55-49-42-11-5-7-13-47(42)54-50(43)49/h1-31H. The van der Waals surface area contributed by atoms with Gasteiger partial charge in [-0.05, 0) is 113 Å². The third-order valence-corrected chi connectivity index (χ3v) is 13.2. The molecule has 0 N–H and O–H groups in total. The molecule has 11 aromatic rings. The molecule has 0 radical (unpaired) electrons. The summed E-state index contributed by atoms with van der Waals surface area (Å²) in [5.74, 6) is -0.237. The Labute approximate surface area is 325 Å². The van der Waals surface area contributed by atoms with Crippen molar-refractivity contribution in [1.82, 2.24) is 4.57 Å². The van der Waals surface area contributed by atoms with E-state index in [1.54, 1.807) is 0 Å². The van der Waals surface area contributed by atoms with Gasteiger partial charge in [0, 0.05) is 53.7 Å². The maximum absolute atomic E-state index is 13.8. The molecule has 3 heterocycles. The zero-order valence-electron chi connectivity index (χ0n) is 29.5. The van der Waals surface area contributed by atoms with Crippen LogP contribution in [0.2, 0.25) is 0 Å². The van der Waals surface area contributed by atoms with Crippen molar-refractivity contribution < 1.29 is 4.39 Å². The molecule has 5 heteroatoms. The van der Waals surface area contributed by atoms with Gasteiger partial charge in [0.1, 0.15) is 5.82 Å². The Bertz CT molecular complexity index is 3190. The molecule has 0 unspecified atom stereocenters. The summed E-state index contributed by atoms with van der Waals surface area (Å²) in [7, 11) is 0. The minimum absolute atomic E-state index is 0.237. The van der Waals surface area contributed by atoms with Crippen molar-refractivity contribution in [1.29, 1.82) is 0 Å². The quantitative estimate of drug-likeness (QED) is 0.165. The van der Waals surface area contributed by atoms with Crippen LogP contribution in [0.3, 0.4) is 0 Å². The third-order valence-electron chi connectivity index (χ3n) is 10.7. The largest absolute Gasteiger partial charge is 0.311 e. The zero-order valence-corrected chi connectivity index (χ0v) is 31.1. The summed E-state index contributed by atoms with van der Waals surface area (Å²) >= 11 is 3.79. The van der Waals surface area contributed by atoms with Gasteiger partial charge in [-0.1, -0.05) is 97.1 Å². The molecule has 0 amide bonds. The van der Waals surface area contributed by atoms with Gasteiger partial charge in [-0.2, -0.15) is 0 Å². The summed E-state index contributed by atoms with van der Waals surface area (Å²) in [6.45, 7) is 0. The number of benzene rings is 8. The maximum atomic E-state index is 13.8. The van der Waals surface area contributed by atoms with Crippen LogP contribution in [0.15, 0.2) is 188 Å². The molecule has 0 aliphatic heterocycles. The van der Waals surface area contributed by atoms with E-state index < -0.39 is 0 Å². The third kappa shape index (κ3) is 5.35. The highest BCUT2D eigenvalue weighted by molar-refractivity contribution is 7.36. The van der Waals surface area contributed by atoms with Crippen molar-refractivity contribution in [2.24, 2.45) is 0 Å². The van der Waals surface area contributed by atoms with Gasteiger partial charge in [0.05, 0.1) is 20.4 Å². The van der Waals surface area contributed by atoms with Crippen LogP contribution in [0.1, 0.15) is 0 Å². The second kappa shape index (κ2) is 12.8. The van der Waals surface area contributed by atoms with Crippen molar-refractivity contribution in [2.75, 3.05) is 4.90 Å². The fourth-order valence-electron chi connectivity index (χ4n) is 8.04. The first-order valence-corrected chi connectivity index (χ1v) is 20.0. The first-order chi connectivity index (χ1) is 27.2. The molecule has 8 aromatic carbocycles. The van der Waals surface area contributed by atoms with Crippen molar-refractivity contribution in [3.05, 3.63) is 194 Å². The van der Waals surface area contributed by atoms with Gasteiger partial charge < -0.3 is 9.47 Å². The molecule has 0 saturated carbocycles. The van der Waals surface area contributed by atoms with Gasteiger partial charge in [-0.15, -0.1) is 22.7 Å². The molecule has 0 bridgehead atoms. The number of hydrogen-bond acceptors (Lipinski definition) is 3. The number of fused-ring (bicyclic) bond motifs is 8. The van der Waals surface area contributed by atoms with Crippen molar-refractivity contribution in [2.45, 2.75) is 0 Å².